The monoisotopic (exact) mass is 211 g/mol. The molecular formula is C11H17NOS. The van der Waals surface area contributed by atoms with Crippen LogP contribution in [0.15, 0.2) is 18.2 Å². The van der Waals surface area contributed by atoms with E-state index in [1.807, 2.05) is 6.07 Å². The molecule has 3 heteroatoms. The Morgan fingerprint density at radius 2 is 2.21 bits per heavy atom. The van der Waals surface area contributed by atoms with E-state index in [1.165, 1.54) is 11.1 Å². The third-order valence-corrected chi connectivity index (χ3v) is 2.52. The molecule has 1 aromatic rings. The molecule has 0 saturated carbocycles. The van der Waals surface area contributed by atoms with Gasteiger partial charge < -0.3 is 10.4 Å². The van der Waals surface area contributed by atoms with E-state index < -0.39 is 0 Å². The zero-order valence-electron chi connectivity index (χ0n) is 8.62. The molecule has 0 fully saturated rings. The number of hydrogen-bond acceptors (Lipinski definition) is 3. The summed E-state index contributed by atoms with van der Waals surface area (Å²) in [7, 11) is 0. The molecule has 1 rings (SSSR count). The smallest absolute Gasteiger partial charge is 0.0927 e. The van der Waals surface area contributed by atoms with Crippen molar-refractivity contribution < 1.29 is 5.11 Å². The summed E-state index contributed by atoms with van der Waals surface area (Å²) in [4.78, 5) is 0. The molecule has 0 amide bonds. The van der Waals surface area contributed by atoms with E-state index in [-0.39, 0.29) is 12.0 Å². The second kappa shape index (κ2) is 5.27. The summed E-state index contributed by atoms with van der Waals surface area (Å²) >= 11 is 4.21. The molecule has 0 bridgehead atoms. The molecule has 0 aliphatic heterocycles. The fraction of sp³-hybridized carbons (Fsp3) is 0.455. The average Bonchev–Trinajstić information content (AvgIpc) is 2.20. The van der Waals surface area contributed by atoms with Crippen LogP contribution in [0.25, 0.3) is 0 Å². The largest absolute Gasteiger partial charge is 0.393 e. The van der Waals surface area contributed by atoms with Crippen molar-refractivity contribution in [3.05, 3.63) is 29.3 Å². The highest BCUT2D eigenvalue weighted by molar-refractivity contribution is 7.81. The Hall–Kier alpha value is -0.670. The van der Waals surface area contributed by atoms with Crippen LogP contribution in [0.4, 0.5) is 5.69 Å². The van der Waals surface area contributed by atoms with Crippen LogP contribution in [0.3, 0.4) is 0 Å². The van der Waals surface area contributed by atoms with Gasteiger partial charge in [0.05, 0.1) is 12.0 Å². The lowest BCUT2D eigenvalue weighted by molar-refractivity contribution is 0.302. The maximum absolute atomic E-state index is 8.91. The number of benzene rings is 1. The molecule has 0 aliphatic carbocycles. The fourth-order valence-electron chi connectivity index (χ4n) is 1.44. The maximum atomic E-state index is 8.91. The minimum absolute atomic E-state index is 0.0284. The average molecular weight is 211 g/mol. The van der Waals surface area contributed by atoms with Crippen molar-refractivity contribution in [2.24, 2.45) is 0 Å². The van der Waals surface area contributed by atoms with Crippen molar-refractivity contribution in [1.82, 2.24) is 0 Å². The highest BCUT2D eigenvalue weighted by atomic mass is 32.1. The third kappa shape index (κ3) is 2.66. The Bertz CT molecular complexity index is 301. The number of aliphatic hydroxyl groups excluding tert-OH is 1. The van der Waals surface area contributed by atoms with Crippen molar-refractivity contribution >= 4 is 18.3 Å². The lowest BCUT2D eigenvalue weighted by Crippen LogP contribution is -2.18. The summed E-state index contributed by atoms with van der Waals surface area (Å²) in [6, 6.07) is 6.19. The summed E-state index contributed by atoms with van der Waals surface area (Å²) in [5, 5.41) is 11.9. The number of nitrogens with one attached hydrogen (secondary N) is 1. The van der Waals surface area contributed by atoms with Gasteiger partial charge in [0.1, 0.15) is 0 Å². The highest BCUT2D eigenvalue weighted by Gasteiger charge is 2.06. The van der Waals surface area contributed by atoms with Gasteiger partial charge in [-0.2, -0.15) is 12.6 Å². The predicted octanol–water partition coefficient (Wildman–Crippen LogP) is 2.22. The summed E-state index contributed by atoms with van der Waals surface area (Å²) < 4.78 is 0. The molecule has 78 valence electrons. The molecule has 14 heavy (non-hydrogen) atoms. The first kappa shape index (κ1) is 11.4. The van der Waals surface area contributed by atoms with E-state index in [0.717, 1.165) is 12.1 Å². The maximum Gasteiger partial charge on any atom is 0.0927 e. The minimum Gasteiger partial charge on any atom is -0.393 e. The summed E-state index contributed by atoms with van der Waals surface area (Å²) in [6.45, 7) is 4.20. The van der Waals surface area contributed by atoms with Crippen LogP contribution in [0.2, 0.25) is 0 Å². The van der Waals surface area contributed by atoms with Gasteiger partial charge in [-0.1, -0.05) is 25.1 Å². The second-order valence-electron chi connectivity index (χ2n) is 3.31. The van der Waals surface area contributed by atoms with Crippen LogP contribution in [0.1, 0.15) is 18.1 Å². The topological polar surface area (TPSA) is 32.3 Å². The summed E-state index contributed by atoms with van der Waals surface area (Å²) in [5.74, 6) is 0. The number of hydrogen-bond donors (Lipinski definition) is 3. The van der Waals surface area contributed by atoms with Gasteiger partial charge >= 0.3 is 0 Å². The molecule has 1 aromatic carbocycles. The van der Waals surface area contributed by atoms with Crippen LogP contribution in [0.5, 0.6) is 0 Å². The van der Waals surface area contributed by atoms with Crippen molar-refractivity contribution in [1.29, 1.82) is 0 Å². The molecule has 1 atom stereocenters. The number of anilines is 1. The highest BCUT2D eigenvalue weighted by Crippen LogP contribution is 2.22. The van der Waals surface area contributed by atoms with Gasteiger partial charge in [-0.15, -0.1) is 0 Å². The van der Waals surface area contributed by atoms with E-state index in [0.29, 0.717) is 0 Å². The van der Waals surface area contributed by atoms with Gasteiger partial charge in [0, 0.05) is 5.69 Å². The molecular weight excluding hydrogens is 194 g/mol. The van der Waals surface area contributed by atoms with Crippen LogP contribution < -0.4 is 5.32 Å². The van der Waals surface area contributed by atoms with E-state index in [9.17, 15) is 0 Å². The number of para-hydroxylation sites is 1. The molecule has 0 heterocycles. The zero-order valence-corrected chi connectivity index (χ0v) is 9.51. The Morgan fingerprint density at radius 1 is 1.50 bits per heavy atom. The molecule has 0 aromatic heterocycles. The molecule has 0 aliphatic rings. The van der Waals surface area contributed by atoms with Crippen LogP contribution in [-0.2, 0) is 6.42 Å². The second-order valence-corrected chi connectivity index (χ2v) is 3.93. The molecule has 0 spiro atoms. The van der Waals surface area contributed by atoms with E-state index in [4.69, 9.17) is 5.11 Å². The van der Waals surface area contributed by atoms with Gasteiger partial charge in [0.2, 0.25) is 0 Å². The fourth-order valence-corrected chi connectivity index (χ4v) is 1.57. The van der Waals surface area contributed by atoms with Crippen LogP contribution >= 0.6 is 12.6 Å². The number of aliphatic hydroxyl groups is 1. The van der Waals surface area contributed by atoms with Crippen LogP contribution in [0, 0.1) is 6.92 Å². The van der Waals surface area contributed by atoms with Gasteiger partial charge in [0.25, 0.3) is 0 Å². The Kier molecular flexibility index (Phi) is 4.29. The van der Waals surface area contributed by atoms with Crippen molar-refractivity contribution in [3.63, 3.8) is 0 Å². The molecule has 2 N–H and O–H groups in total. The number of rotatable bonds is 4. The van der Waals surface area contributed by atoms with E-state index in [2.05, 4.69) is 43.9 Å². The van der Waals surface area contributed by atoms with E-state index in [1.54, 1.807) is 0 Å². The molecule has 2 nitrogen and oxygen atoms in total. The summed E-state index contributed by atoms with van der Waals surface area (Å²) in [5.41, 5.74) is 3.55. The third-order valence-electron chi connectivity index (χ3n) is 2.22. The normalized spacial score (nSPS) is 12.6. The van der Waals surface area contributed by atoms with Gasteiger partial charge in [0.15, 0.2) is 0 Å². The lowest BCUT2D eigenvalue weighted by atomic mass is 10.1. The Morgan fingerprint density at radius 3 is 2.79 bits per heavy atom. The van der Waals surface area contributed by atoms with Gasteiger partial charge in [-0.05, 0) is 24.5 Å². The Balaban J connectivity index is 2.92. The van der Waals surface area contributed by atoms with Gasteiger partial charge in [-0.3, -0.25) is 0 Å². The van der Waals surface area contributed by atoms with Crippen LogP contribution in [-0.4, -0.2) is 17.1 Å². The molecule has 0 saturated heterocycles. The first-order chi connectivity index (χ1) is 6.69. The SMILES string of the molecule is CCc1cccc(C)c1NC(S)CO. The standard InChI is InChI=1S/C11H17NOS/c1-3-9-6-4-5-8(2)11(9)12-10(14)7-13/h4-6,10,12-14H,3,7H2,1-2H3. The zero-order chi connectivity index (χ0) is 10.6. The van der Waals surface area contributed by atoms with E-state index >= 15 is 0 Å². The predicted molar refractivity (Wildman–Crippen MR) is 64.0 cm³/mol. The first-order valence-corrected chi connectivity index (χ1v) is 5.34. The van der Waals surface area contributed by atoms with Crippen molar-refractivity contribution in [3.8, 4) is 0 Å². The molecule has 1 unspecified atom stereocenters. The van der Waals surface area contributed by atoms with Gasteiger partial charge in [-0.25, -0.2) is 0 Å². The number of thiol groups is 1. The first-order valence-electron chi connectivity index (χ1n) is 4.83. The Labute approximate surface area is 90.8 Å². The van der Waals surface area contributed by atoms with Crippen molar-refractivity contribution in [2.45, 2.75) is 25.6 Å². The lowest BCUT2D eigenvalue weighted by Gasteiger charge is -2.17. The molecule has 0 radical (unpaired) electrons. The minimum atomic E-state index is -0.193. The quantitative estimate of drug-likeness (QED) is 0.527. The van der Waals surface area contributed by atoms with Crippen molar-refractivity contribution in [2.75, 3.05) is 11.9 Å². The number of aryl methyl sites for hydroxylation is 2. The summed E-state index contributed by atoms with van der Waals surface area (Å²) in [6.07, 6.45) is 0.982.